The molecule has 4 nitrogen and oxygen atoms in total. The van der Waals surface area contributed by atoms with Crippen molar-refractivity contribution in [2.45, 2.75) is 12.0 Å². The SMILES string of the molecule is C=C[C@@H](c1ccccc1)[C@H](NOC)C(=O)O. The number of rotatable bonds is 6. The minimum atomic E-state index is -0.976. The molecule has 0 radical (unpaired) electrons. The number of carboxylic acids is 1. The second-order valence-corrected chi connectivity index (χ2v) is 3.31. The molecule has 1 aromatic carbocycles. The summed E-state index contributed by atoms with van der Waals surface area (Å²) >= 11 is 0. The molecule has 0 amide bonds. The molecule has 2 atom stereocenters. The molecule has 0 aliphatic rings. The van der Waals surface area contributed by atoms with Gasteiger partial charge >= 0.3 is 5.97 Å². The molecule has 0 fully saturated rings. The molecule has 86 valence electrons. The van der Waals surface area contributed by atoms with Crippen molar-refractivity contribution in [3.8, 4) is 0 Å². The molecule has 1 rings (SSSR count). The Morgan fingerprint density at radius 3 is 2.56 bits per heavy atom. The summed E-state index contributed by atoms with van der Waals surface area (Å²) in [7, 11) is 1.39. The molecule has 0 saturated heterocycles. The highest BCUT2D eigenvalue weighted by atomic mass is 16.6. The van der Waals surface area contributed by atoms with Gasteiger partial charge in [-0.15, -0.1) is 6.58 Å². The minimum Gasteiger partial charge on any atom is -0.480 e. The standard InChI is InChI=1S/C12H15NO3/c1-3-10(9-7-5-4-6-8-9)11(12(14)15)13-16-2/h3-8,10-11,13H,1H2,2H3,(H,14,15)/t10-,11-/m0/s1. The molecule has 16 heavy (non-hydrogen) atoms. The van der Waals surface area contributed by atoms with Crippen LogP contribution in [0.4, 0.5) is 0 Å². The number of hydroxylamine groups is 1. The van der Waals surface area contributed by atoms with Gasteiger partial charge in [0, 0.05) is 5.92 Å². The summed E-state index contributed by atoms with van der Waals surface area (Å²) in [6.07, 6.45) is 1.60. The van der Waals surface area contributed by atoms with Crippen molar-refractivity contribution in [1.29, 1.82) is 0 Å². The Kier molecular flexibility index (Phi) is 4.69. The van der Waals surface area contributed by atoms with Gasteiger partial charge in [0.25, 0.3) is 0 Å². The van der Waals surface area contributed by atoms with Crippen LogP contribution in [0.25, 0.3) is 0 Å². The van der Waals surface area contributed by atoms with Crippen LogP contribution in [0.5, 0.6) is 0 Å². The van der Waals surface area contributed by atoms with E-state index >= 15 is 0 Å². The molecule has 0 spiro atoms. The predicted molar refractivity (Wildman–Crippen MR) is 60.9 cm³/mol. The van der Waals surface area contributed by atoms with Gasteiger partial charge in [0.15, 0.2) is 0 Å². The van der Waals surface area contributed by atoms with Gasteiger partial charge in [-0.1, -0.05) is 36.4 Å². The summed E-state index contributed by atoms with van der Waals surface area (Å²) in [6, 6.07) is 8.47. The van der Waals surface area contributed by atoms with Gasteiger partial charge in [-0.2, -0.15) is 5.48 Å². The summed E-state index contributed by atoms with van der Waals surface area (Å²) in [5.74, 6) is -1.31. The van der Waals surface area contributed by atoms with Crippen LogP contribution in [-0.4, -0.2) is 24.2 Å². The third kappa shape index (κ3) is 2.92. The van der Waals surface area contributed by atoms with Gasteiger partial charge in [-0.25, -0.2) is 0 Å². The minimum absolute atomic E-state index is 0.335. The molecule has 0 aliphatic carbocycles. The van der Waals surface area contributed by atoms with Gasteiger partial charge in [-0.05, 0) is 5.56 Å². The van der Waals surface area contributed by atoms with Crippen molar-refractivity contribution >= 4 is 5.97 Å². The summed E-state index contributed by atoms with van der Waals surface area (Å²) in [5, 5.41) is 9.08. The molecule has 4 heteroatoms. The van der Waals surface area contributed by atoms with Crippen LogP contribution in [0, 0.1) is 0 Å². The monoisotopic (exact) mass is 221 g/mol. The van der Waals surface area contributed by atoms with E-state index in [2.05, 4.69) is 12.1 Å². The molecule has 0 unspecified atom stereocenters. The molecular formula is C12H15NO3. The third-order valence-electron chi connectivity index (χ3n) is 2.31. The number of hydrogen-bond donors (Lipinski definition) is 2. The maximum absolute atomic E-state index is 11.1. The second kappa shape index (κ2) is 6.05. The zero-order valence-corrected chi connectivity index (χ0v) is 9.09. The number of hydrogen-bond acceptors (Lipinski definition) is 3. The lowest BCUT2D eigenvalue weighted by Gasteiger charge is -2.21. The summed E-state index contributed by atoms with van der Waals surface area (Å²) < 4.78 is 0. The fraction of sp³-hybridized carbons (Fsp3) is 0.250. The van der Waals surface area contributed by atoms with Crippen LogP contribution < -0.4 is 5.48 Å². The van der Waals surface area contributed by atoms with Crippen molar-refractivity contribution < 1.29 is 14.7 Å². The van der Waals surface area contributed by atoms with Crippen molar-refractivity contribution in [3.63, 3.8) is 0 Å². The van der Waals surface area contributed by atoms with E-state index in [1.807, 2.05) is 30.3 Å². The number of carbonyl (C=O) groups is 1. The first-order valence-electron chi connectivity index (χ1n) is 4.89. The highest BCUT2D eigenvalue weighted by Crippen LogP contribution is 2.21. The number of benzene rings is 1. The Morgan fingerprint density at radius 1 is 1.50 bits per heavy atom. The number of carboxylic acid groups (broad SMARTS) is 1. The highest BCUT2D eigenvalue weighted by Gasteiger charge is 2.26. The number of nitrogens with one attached hydrogen (secondary N) is 1. The van der Waals surface area contributed by atoms with E-state index in [4.69, 9.17) is 9.94 Å². The summed E-state index contributed by atoms with van der Waals surface area (Å²) in [6.45, 7) is 3.66. The molecule has 0 aliphatic heterocycles. The van der Waals surface area contributed by atoms with Crippen LogP contribution >= 0.6 is 0 Å². The van der Waals surface area contributed by atoms with Gasteiger partial charge in [0.2, 0.25) is 0 Å². The van der Waals surface area contributed by atoms with E-state index in [1.165, 1.54) is 7.11 Å². The van der Waals surface area contributed by atoms with E-state index < -0.39 is 12.0 Å². The lowest BCUT2D eigenvalue weighted by molar-refractivity contribution is -0.143. The lowest BCUT2D eigenvalue weighted by atomic mass is 9.92. The first-order chi connectivity index (χ1) is 7.70. The first-order valence-corrected chi connectivity index (χ1v) is 4.89. The van der Waals surface area contributed by atoms with E-state index in [0.717, 1.165) is 5.56 Å². The maximum Gasteiger partial charge on any atom is 0.324 e. The van der Waals surface area contributed by atoms with Crippen LogP contribution in [0.1, 0.15) is 11.5 Å². The Labute approximate surface area is 94.5 Å². The smallest absolute Gasteiger partial charge is 0.324 e. The largest absolute Gasteiger partial charge is 0.480 e. The zero-order valence-electron chi connectivity index (χ0n) is 9.09. The van der Waals surface area contributed by atoms with E-state index in [0.29, 0.717) is 0 Å². The fourth-order valence-electron chi connectivity index (χ4n) is 1.54. The van der Waals surface area contributed by atoms with Crippen molar-refractivity contribution in [1.82, 2.24) is 5.48 Å². The Balaban J connectivity index is 2.95. The molecule has 0 bridgehead atoms. The quantitative estimate of drug-likeness (QED) is 0.565. The first kappa shape index (κ1) is 12.4. The maximum atomic E-state index is 11.1. The van der Waals surface area contributed by atoms with Gasteiger partial charge in [0.05, 0.1) is 7.11 Å². The average Bonchev–Trinajstić information content (AvgIpc) is 2.30. The lowest BCUT2D eigenvalue weighted by Crippen LogP contribution is -2.40. The second-order valence-electron chi connectivity index (χ2n) is 3.31. The van der Waals surface area contributed by atoms with Crippen LogP contribution in [0.3, 0.4) is 0 Å². The van der Waals surface area contributed by atoms with Crippen molar-refractivity contribution in [2.75, 3.05) is 7.11 Å². The summed E-state index contributed by atoms with van der Waals surface area (Å²) in [5.41, 5.74) is 3.34. The molecule has 2 N–H and O–H groups in total. The van der Waals surface area contributed by atoms with Gasteiger partial charge < -0.3 is 9.94 Å². The average molecular weight is 221 g/mol. The third-order valence-corrected chi connectivity index (χ3v) is 2.31. The molecule has 1 aromatic rings. The Hall–Kier alpha value is -1.65. The van der Waals surface area contributed by atoms with Gasteiger partial charge in [0.1, 0.15) is 6.04 Å². The molecule has 0 aromatic heterocycles. The normalized spacial score (nSPS) is 14.1. The van der Waals surface area contributed by atoms with Crippen LogP contribution in [-0.2, 0) is 9.63 Å². The molecule has 0 heterocycles. The molecule has 0 saturated carbocycles. The van der Waals surface area contributed by atoms with Crippen molar-refractivity contribution in [2.24, 2.45) is 0 Å². The van der Waals surface area contributed by atoms with Crippen LogP contribution in [0.15, 0.2) is 43.0 Å². The number of aliphatic carboxylic acids is 1. The van der Waals surface area contributed by atoms with E-state index in [1.54, 1.807) is 6.08 Å². The zero-order chi connectivity index (χ0) is 12.0. The Bertz CT molecular complexity index is 351. The van der Waals surface area contributed by atoms with E-state index in [9.17, 15) is 4.79 Å². The molecular weight excluding hydrogens is 206 g/mol. The van der Waals surface area contributed by atoms with Gasteiger partial charge in [-0.3, -0.25) is 4.79 Å². The summed E-state index contributed by atoms with van der Waals surface area (Å²) in [4.78, 5) is 15.8. The predicted octanol–water partition coefficient (Wildman–Crippen LogP) is 1.56. The Morgan fingerprint density at radius 2 is 2.12 bits per heavy atom. The fourth-order valence-corrected chi connectivity index (χ4v) is 1.54. The van der Waals surface area contributed by atoms with E-state index in [-0.39, 0.29) is 5.92 Å². The van der Waals surface area contributed by atoms with Crippen molar-refractivity contribution in [3.05, 3.63) is 48.6 Å². The van der Waals surface area contributed by atoms with Crippen LogP contribution in [0.2, 0.25) is 0 Å². The highest BCUT2D eigenvalue weighted by molar-refractivity contribution is 5.75. The topological polar surface area (TPSA) is 58.6 Å².